The maximum atomic E-state index is 10.2. The van der Waals surface area contributed by atoms with Crippen LogP contribution in [0.15, 0.2) is 84.9 Å². The minimum atomic E-state index is -0.468. The SMILES string of the molecule is C[C@@H](CCc1ccc(OCc2ccccc2)cc1)NC[C@H](O)c1ccccc1.Cl. The Balaban J connectivity index is 0.00000300. The molecule has 3 nitrogen and oxygen atoms in total. The van der Waals surface area contributed by atoms with Crippen LogP contribution < -0.4 is 10.1 Å². The smallest absolute Gasteiger partial charge is 0.119 e. The van der Waals surface area contributed by atoms with Gasteiger partial charge in [-0.3, -0.25) is 0 Å². The molecule has 3 aromatic rings. The second-order valence-electron chi connectivity index (χ2n) is 7.19. The summed E-state index contributed by atoms with van der Waals surface area (Å²) in [5.41, 5.74) is 3.42. The van der Waals surface area contributed by atoms with Gasteiger partial charge in [0.1, 0.15) is 12.4 Å². The average Bonchev–Trinajstić information content (AvgIpc) is 2.76. The van der Waals surface area contributed by atoms with Gasteiger partial charge in [-0.2, -0.15) is 0 Å². The van der Waals surface area contributed by atoms with Crippen LogP contribution in [0, 0.1) is 0 Å². The van der Waals surface area contributed by atoms with Crippen LogP contribution in [0.3, 0.4) is 0 Å². The fourth-order valence-electron chi connectivity index (χ4n) is 3.08. The molecule has 0 amide bonds. The largest absolute Gasteiger partial charge is 0.489 e. The van der Waals surface area contributed by atoms with E-state index in [0.717, 1.165) is 24.2 Å². The predicted molar refractivity (Wildman–Crippen MR) is 122 cm³/mol. The van der Waals surface area contributed by atoms with E-state index < -0.39 is 6.10 Å². The highest BCUT2D eigenvalue weighted by Gasteiger charge is 2.09. The summed E-state index contributed by atoms with van der Waals surface area (Å²) in [4.78, 5) is 0. The molecule has 0 aliphatic rings. The number of halogens is 1. The van der Waals surface area contributed by atoms with E-state index in [2.05, 4.69) is 36.5 Å². The topological polar surface area (TPSA) is 41.5 Å². The van der Waals surface area contributed by atoms with Crippen molar-refractivity contribution >= 4 is 12.4 Å². The maximum absolute atomic E-state index is 10.2. The number of aliphatic hydroxyl groups excluding tert-OH is 1. The van der Waals surface area contributed by atoms with Crippen molar-refractivity contribution in [3.63, 3.8) is 0 Å². The van der Waals surface area contributed by atoms with Crippen LogP contribution in [0.5, 0.6) is 5.75 Å². The number of rotatable bonds is 10. The van der Waals surface area contributed by atoms with Crippen LogP contribution in [-0.4, -0.2) is 17.7 Å². The molecule has 3 aromatic carbocycles. The zero-order valence-corrected chi connectivity index (χ0v) is 17.6. The molecule has 2 atom stereocenters. The Bertz CT molecular complexity index is 809. The summed E-state index contributed by atoms with van der Waals surface area (Å²) in [6.07, 6.45) is 1.55. The van der Waals surface area contributed by atoms with Gasteiger partial charge in [0.05, 0.1) is 6.10 Å². The highest BCUT2D eigenvalue weighted by atomic mass is 35.5. The molecule has 0 heterocycles. The van der Waals surface area contributed by atoms with Gasteiger partial charge in [-0.1, -0.05) is 72.8 Å². The lowest BCUT2D eigenvalue weighted by molar-refractivity contribution is 0.170. The quantitative estimate of drug-likeness (QED) is 0.473. The first-order chi connectivity index (χ1) is 13.7. The second kappa shape index (κ2) is 12.3. The van der Waals surface area contributed by atoms with Crippen molar-refractivity contribution in [2.45, 2.75) is 38.5 Å². The molecule has 0 bridgehead atoms. The normalized spacial score (nSPS) is 12.6. The van der Waals surface area contributed by atoms with Crippen molar-refractivity contribution in [3.8, 4) is 5.75 Å². The van der Waals surface area contributed by atoms with Crippen LogP contribution in [0.25, 0.3) is 0 Å². The Labute approximate surface area is 180 Å². The van der Waals surface area contributed by atoms with Crippen molar-refractivity contribution in [1.29, 1.82) is 0 Å². The summed E-state index contributed by atoms with van der Waals surface area (Å²) in [7, 11) is 0. The Morgan fingerprint density at radius 3 is 2.10 bits per heavy atom. The highest BCUT2D eigenvalue weighted by molar-refractivity contribution is 5.85. The van der Waals surface area contributed by atoms with Gasteiger partial charge < -0.3 is 15.2 Å². The maximum Gasteiger partial charge on any atom is 0.119 e. The second-order valence-corrected chi connectivity index (χ2v) is 7.19. The number of benzene rings is 3. The monoisotopic (exact) mass is 411 g/mol. The first-order valence-corrected chi connectivity index (χ1v) is 9.93. The third kappa shape index (κ3) is 7.90. The average molecular weight is 412 g/mol. The van der Waals surface area contributed by atoms with E-state index in [1.807, 2.05) is 60.7 Å². The van der Waals surface area contributed by atoms with Crippen molar-refractivity contribution in [2.75, 3.05) is 6.54 Å². The van der Waals surface area contributed by atoms with E-state index in [0.29, 0.717) is 19.2 Å². The summed E-state index contributed by atoms with van der Waals surface area (Å²) in [5.74, 6) is 0.893. The van der Waals surface area contributed by atoms with Gasteiger partial charge in [-0.25, -0.2) is 0 Å². The molecule has 29 heavy (non-hydrogen) atoms. The Hall–Kier alpha value is -2.33. The zero-order chi connectivity index (χ0) is 19.6. The fraction of sp³-hybridized carbons (Fsp3) is 0.280. The molecule has 0 saturated heterocycles. The summed E-state index contributed by atoms with van der Waals surface area (Å²) in [6, 6.07) is 28.7. The standard InChI is InChI=1S/C25H29NO2.ClH/c1-20(26-18-25(27)23-10-6-3-7-11-23)12-13-21-14-16-24(17-15-21)28-19-22-8-4-2-5-9-22;/h2-11,14-17,20,25-27H,12-13,18-19H2,1H3;1H/t20-,25-;/m0./s1. The first kappa shape index (κ1) is 23.0. The van der Waals surface area contributed by atoms with Crippen molar-refractivity contribution in [3.05, 3.63) is 102 Å². The van der Waals surface area contributed by atoms with Crippen molar-refractivity contribution in [2.24, 2.45) is 0 Å². The third-order valence-electron chi connectivity index (χ3n) is 4.88. The van der Waals surface area contributed by atoms with Gasteiger partial charge in [-0.15, -0.1) is 12.4 Å². The summed E-state index contributed by atoms with van der Waals surface area (Å²) < 4.78 is 5.84. The van der Waals surface area contributed by atoms with Crippen LogP contribution in [0.2, 0.25) is 0 Å². The fourth-order valence-corrected chi connectivity index (χ4v) is 3.08. The third-order valence-corrected chi connectivity index (χ3v) is 4.88. The molecule has 154 valence electrons. The van der Waals surface area contributed by atoms with E-state index in [4.69, 9.17) is 4.74 Å². The number of nitrogens with one attached hydrogen (secondary N) is 1. The van der Waals surface area contributed by atoms with E-state index in [1.54, 1.807) is 0 Å². The van der Waals surface area contributed by atoms with Gasteiger partial charge in [-0.05, 0) is 48.6 Å². The Kier molecular flexibility index (Phi) is 9.72. The number of aliphatic hydroxyl groups is 1. The minimum absolute atomic E-state index is 0. The molecule has 0 aliphatic carbocycles. The molecule has 0 unspecified atom stereocenters. The Morgan fingerprint density at radius 2 is 1.45 bits per heavy atom. The van der Waals surface area contributed by atoms with E-state index in [-0.39, 0.29) is 12.4 Å². The highest BCUT2D eigenvalue weighted by Crippen LogP contribution is 2.16. The van der Waals surface area contributed by atoms with E-state index in [1.165, 1.54) is 11.1 Å². The molecule has 3 rings (SSSR count). The molecule has 4 heteroatoms. The zero-order valence-electron chi connectivity index (χ0n) is 16.8. The molecule has 2 N–H and O–H groups in total. The van der Waals surface area contributed by atoms with Crippen LogP contribution in [0.1, 0.15) is 36.1 Å². The summed E-state index contributed by atoms with van der Waals surface area (Å²) >= 11 is 0. The van der Waals surface area contributed by atoms with E-state index in [9.17, 15) is 5.11 Å². The lowest BCUT2D eigenvalue weighted by Crippen LogP contribution is -2.30. The number of aryl methyl sites for hydroxylation is 1. The Morgan fingerprint density at radius 1 is 0.828 bits per heavy atom. The molecule has 0 aliphatic heterocycles. The summed E-state index contributed by atoms with van der Waals surface area (Å²) in [6.45, 7) is 3.32. The number of hydrogen-bond acceptors (Lipinski definition) is 3. The molecule has 0 radical (unpaired) electrons. The van der Waals surface area contributed by atoms with Crippen LogP contribution >= 0.6 is 12.4 Å². The van der Waals surface area contributed by atoms with Gasteiger partial charge in [0, 0.05) is 12.6 Å². The van der Waals surface area contributed by atoms with Crippen molar-refractivity contribution in [1.82, 2.24) is 5.32 Å². The van der Waals surface area contributed by atoms with Gasteiger partial charge in [0.15, 0.2) is 0 Å². The van der Waals surface area contributed by atoms with Crippen molar-refractivity contribution < 1.29 is 9.84 Å². The minimum Gasteiger partial charge on any atom is -0.489 e. The molecular weight excluding hydrogens is 382 g/mol. The molecule has 0 saturated carbocycles. The molecule has 0 spiro atoms. The lowest BCUT2D eigenvalue weighted by atomic mass is 10.1. The summed E-state index contributed by atoms with van der Waals surface area (Å²) in [5, 5.41) is 13.7. The first-order valence-electron chi connectivity index (χ1n) is 9.93. The van der Waals surface area contributed by atoms with Crippen LogP contribution in [0.4, 0.5) is 0 Å². The van der Waals surface area contributed by atoms with Gasteiger partial charge >= 0.3 is 0 Å². The van der Waals surface area contributed by atoms with E-state index >= 15 is 0 Å². The molecule has 0 fully saturated rings. The molecule has 0 aromatic heterocycles. The predicted octanol–water partition coefficient (Wildman–Crippen LogP) is 5.33. The van der Waals surface area contributed by atoms with Gasteiger partial charge in [0.2, 0.25) is 0 Å². The molecular formula is C25H30ClNO2. The van der Waals surface area contributed by atoms with Crippen LogP contribution in [-0.2, 0) is 13.0 Å². The van der Waals surface area contributed by atoms with Gasteiger partial charge in [0.25, 0.3) is 0 Å². The lowest BCUT2D eigenvalue weighted by Gasteiger charge is -2.17. The number of hydrogen-bond donors (Lipinski definition) is 2. The number of ether oxygens (including phenoxy) is 1.